The molecule has 5 atom stereocenters. The zero-order valence-corrected chi connectivity index (χ0v) is 17.6. The van der Waals surface area contributed by atoms with Crippen LogP contribution in [0.5, 0.6) is 0 Å². The standard InChI is InChI=1S/C20H17F4N5O3S/c21-16-18(23)32-19(24)17(22)29(16)10-1-2-14-13(5-10)12(3-4-26-14)20(31)27-7-15(30)28-9-33-8-11(28)6-25/h1-5,11,16-19H,7-9H2,(H,27,31). The molecule has 8 nitrogen and oxygen atoms in total. The minimum Gasteiger partial charge on any atom is -0.343 e. The summed E-state index contributed by atoms with van der Waals surface area (Å²) >= 11 is 1.42. The van der Waals surface area contributed by atoms with Gasteiger partial charge in [0.15, 0.2) is 0 Å². The number of nitrogens with one attached hydrogen (secondary N) is 1. The molecular weight excluding hydrogens is 466 g/mol. The molecule has 0 saturated carbocycles. The molecule has 2 amide bonds. The molecule has 174 valence electrons. The van der Waals surface area contributed by atoms with Crippen LogP contribution < -0.4 is 10.2 Å². The lowest BCUT2D eigenvalue weighted by atomic mass is 10.1. The van der Waals surface area contributed by atoms with E-state index in [-0.39, 0.29) is 33.6 Å². The third kappa shape index (κ3) is 4.40. The van der Waals surface area contributed by atoms with Crippen molar-refractivity contribution in [3.05, 3.63) is 36.0 Å². The average Bonchev–Trinajstić information content (AvgIpc) is 3.30. The van der Waals surface area contributed by atoms with Crippen LogP contribution in [0, 0.1) is 11.3 Å². The molecular formula is C20H17F4N5O3S. The Morgan fingerprint density at radius 1 is 1.21 bits per heavy atom. The zero-order chi connectivity index (χ0) is 23.7. The lowest BCUT2D eigenvalue weighted by Gasteiger charge is -2.38. The Hall–Kier alpha value is -3.11. The molecule has 1 N–H and O–H groups in total. The number of nitrogens with zero attached hydrogens (tertiary/aromatic N) is 4. The highest BCUT2D eigenvalue weighted by Gasteiger charge is 2.45. The van der Waals surface area contributed by atoms with Gasteiger partial charge in [0, 0.05) is 23.0 Å². The Kier molecular flexibility index (Phi) is 6.57. The van der Waals surface area contributed by atoms with Crippen molar-refractivity contribution in [2.24, 2.45) is 0 Å². The van der Waals surface area contributed by atoms with Crippen LogP contribution in [-0.4, -0.2) is 71.2 Å². The van der Waals surface area contributed by atoms with Gasteiger partial charge in [-0.1, -0.05) is 0 Å². The molecule has 5 unspecified atom stereocenters. The molecule has 0 spiro atoms. The minimum absolute atomic E-state index is 0.0370. The van der Waals surface area contributed by atoms with E-state index >= 15 is 0 Å². The number of thioether (sulfide) groups is 1. The first-order valence-corrected chi connectivity index (χ1v) is 10.9. The maximum atomic E-state index is 14.3. The molecule has 2 aliphatic heterocycles. The first-order chi connectivity index (χ1) is 15.8. The molecule has 2 aromatic rings. The number of hydrogen-bond donors (Lipinski definition) is 1. The van der Waals surface area contributed by atoms with Crippen molar-refractivity contribution in [3.8, 4) is 6.07 Å². The fraction of sp³-hybridized carbons (Fsp3) is 0.400. The smallest absolute Gasteiger partial charge is 0.252 e. The maximum Gasteiger partial charge on any atom is 0.252 e. The lowest BCUT2D eigenvalue weighted by molar-refractivity contribution is -0.222. The van der Waals surface area contributed by atoms with Crippen LogP contribution in [0.4, 0.5) is 23.2 Å². The SMILES string of the molecule is N#CC1CSCN1C(=O)CNC(=O)c1ccnc2ccc(N3C(F)C(F)OC(F)C3F)cc12. The van der Waals surface area contributed by atoms with Gasteiger partial charge in [0.2, 0.25) is 18.5 Å². The summed E-state index contributed by atoms with van der Waals surface area (Å²) in [5, 5.41) is 11.7. The number of carbonyl (C=O) groups excluding carboxylic acids is 2. The van der Waals surface area contributed by atoms with Gasteiger partial charge in [-0.15, -0.1) is 11.8 Å². The molecule has 0 radical (unpaired) electrons. The third-order valence-corrected chi connectivity index (χ3v) is 6.26. The Labute approximate surface area is 189 Å². The van der Waals surface area contributed by atoms with Gasteiger partial charge in [-0.05, 0) is 24.3 Å². The maximum absolute atomic E-state index is 14.3. The van der Waals surface area contributed by atoms with Crippen LogP contribution in [0.3, 0.4) is 0 Å². The molecule has 3 heterocycles. The highest BCUT2D eigenvalue weighted by Crippen LogP contribution is 2.34. The lowest BCUT2D eigenvalue weighted by Crippen LogP contribution is -2.55. The van der Waals surface area contributed by atoms with E-state index < -0.39 is 43.2 Å². The van der Waals surface area contributed by atoms with Crippen LogP contribution >= 0.6 is 11.8 Å². The van der Waals surface area contributed by atoms with Crippen LogP contribution in [0.25, 0.3) is 10.9 Å². The number of pyridine rings is 1. The summed E-state index contributed by atoms with van der Waals surface area (Å²) in [7, 11) is 0. The predicted molar refractivity (Wildman–Crippen MR) is 111 cm³/mol. The highest BCUT2D eigenvalue weighted by atomic mass is 32.2. The van der Waals surface area contributed by atoms with E-state index in [4.69, 9.17) is 5.26 Å². The second-order valence-electron chi connectivity index (χ2n) is 7.24. The largest absolute Gasteiger partial charge is 0.343 e. The molecule has 2 saturated heterocycles. The first kappa shape index (κ1) is 23.1. The number of hydrogen-bond acceptors (Lipinski definition) is 7. The quantitative estimate of drug-likeness (QED) is 0.527. The summed E-state index contributed by atoms with van der Waals surface area (Å²) in [6.07, 6.45) is -9.29. The fourth-order valence-corrected chi connectivity index (χ4v) is 4.67. The number of carbonyl (C=O) groups is 2. The van der Waals surface area contributed by atoms with Crippen LogP contribution in [0.15, 0.2) is 30.5 Å². The molecule has 0 bridgehead atoms. The van der Waals surface area contributed by atoms with Gasteiger partial charge in [-0.2, -0.15) is 5.26 Å². The van der Waals surface area contributed by atoms with E-state index in [2.05, 4.69) is 15.0 Å². The first-order valence-electron chi connectivity index (χ1n) is 9.75. The van der Waals surface area contributed by atoms with Crippen LogP contribution in [-0.2, 0) is 9.53 Å². The number of halogens is 4. The second kappa shape index (κ2) is 9.40. The van der Waals surface area contributed by atoms with Crippen molar-refractivity contribution in [2.75, 3.05) is 23.1 Å². The minimum atomic E-state index is -2.70. The number of aromatic nitrogens is 1. The van der Waals surface area contributed by atoms with Crippen molar-refractivity contribution in [2.45, 2.75) is 31.3 Å². The van der Waals surface area contributed by atoms with Gasteiger partial charge in [0.05, 0.1) is 29.6 Å². The molecule has 33 heavy (non-hydrogen) atoms. The molecule has 2 aliphatic rings. The number of anilines is 1. The number of amides is 2. The zero-order valence-electron chi connectivity index (χ0n) is 16.8. The van der Waals surface area contributed by atoms with E-state index in [0.717, 1.165) is 0 Å². The summed E-state index contributed by atoms with van der Waals surface area (Å²) in [5.41, 5.74) is 0.0982. The summed E-state index contributed by atoms with van der Waals surface area (Å²) in [5.74, 6) is -0.278. The molecule has 1 aromatic heterocycles. The normalized spacial score (nSPS) is 27.4. The fourth-order valence-electron chi connectivity index (χ4n) is 3.57. The average molecular weight is 483 g/mol. The summed E-state index contributed by atoms with van der Waals surface area (Å²) in [6.45, 7) is -0.364. The Morgan fingerprint density at radius 2 is 1.94 bits per heavy atom. The molecule has 2 fully saturated rings. The Balaban J connectivity index is 1.57. The van der Waals surface area contributed by atoms with Crippen molar-refractivity contribution in [1.29, 1.82) is 5.26 Å². The number of morpholine rings is 1. The number of alkyl halides is 4. The van der Waals surface area contributed by atoms with Gasteiger partial charge < -0.3 is 19.9 Å². The Bertz CT molecular complexity index is 1100. The van der Waals surface area contributed by atoms with Gasteiger partial charge in [-0.25, -0.2) is 17.6 Å². The monoisotopic (exact) mass is 483 g/mol. The Morgan fingerprint density at radius 3 is 2.64 bits per heavy atom. The second-order valence-corrected chi connectivity index (χ2v) is 8.24. The van der Waals surface area contributed by atoms with E-state index in [1.165, 1.54) is 47.1 Å². The third-order valence-electron chi connectivity index (χ3n) is 5.24. The van der Waals surface area contributed by atoms with E-state index in [1.54, 1.807) is 0 Å². The van der Waals surface area contributed by atoms with Crippen LogP contribution in [0.1, 0.15) is 10.4 Å². The summed E-state index contributed by atoms with van der Waals surface area (Å²) in [6, 6.07) is 6.55. The van der Waals surface area contributed by atoms with Crippen molar-refractivity contribution < 1.29 is 31.9 Å². The van der Waals surface area contributed by atoms with E-state index in [9.17, 15) is 27.2 Å². The summed E-state index contributed by atoms with van der Waals surface area (Å²) in [4.78, 5) is 30.8. The van der Waals surface area contributed by atoms with Crippen molar-refractivity contribution in [3.63, 3.8) is 0 Å². The van der Waals surface area contributed by atoms with Crippen LogP contribution in [0.2, 0.25) is 0 Å². The number of benzene rings is 1. The number of nitriles is 1. The van der Waals surface area contributed by atoms with Crippen molar-refractivity contribution >= 4 is 40.2 Å². The number of ether oxygens (including phenoxy) is 1. The van der Waals surface area contributed by atoms with E-state index in [1.807, 2.05) is 6.07 Å². The highest BCUT2D eigenvalue weighted by molar-refractivity contribution is 7.99. The molecule has 1 aromatic carbocycles. The van der Waals surface area contributed by atoms with Gasteiger partial charge >= 0.3 is 0 Å². The topological polar surface area (TPSA) is 98.6 Å². The number of rotatable bonds is 4. The molecule has 13 heteroatoms. The van der Waals surface area contributed by atoms with Crippen molar-refractivity contribution in [1.82, 2.24) is 15.2 Å². The number of fused-ring (bicyclic) bond motifs is 1. The van der Waals surface area contributed by atoms with Gasteiger partial charge in [0.1, 0.15) is 6.04 Å². The molecule has 4 rings (SSSR count). The van der Waals surface area contributed by atoms with Gasteiger partial charge in [0.25, 0.3) is 18.6 Å². The molecule has 0 aliphatic carbocycles. The van der Waals surface area contributed by atoms with Gasteiger partial charge in [-0.3, -0.25) is 14.6 Å². The van der Waals surface area contributed by atoms with E-state index in [0.29, 0.717) is 11.6 Å². The predicted octanol–water partition coefficient (Wildman–Crippen LogP) is 2.41. The summed E-state index contributed by atoms with van der Waals surface area (Å²) < 4.78 is 59.8.